The summed E-state index contributed by atoms with van der Waals surface area (Å²) in [5, 5.41) is 20.3. The minimum Gasteiger partial charge on any atom is -0.480 e. The third-order valence-electron chi connectivity index (χ3n) is 2.95. The second-order valence-electron chi connectivity index (χ2n) is 5.83. The number of carboxylic acids is 1. The number of aliphatic carboxylic acids is 1. The molecule has 23 heavy (non-hydrogen) atoms. The monoisotopic (exact) mass is 325 g/mol. The number of hydrogen-bond donors (Lipinski definition) is 3. The first kappa shape index (κ1) is 18.9. The molecule has 7 heteroatoms. The van der Waals surface area contributed by atoms with Gasteiger partial charge in [0.2, 0.25) is 0 Å². The van der Waals surface area contributed by atoms with Gasteiger partial charge in [0.05, 0.1) is 19.3 Å². The smallest absolute Gasteiger partial charge is 0.408 e. The van der Waals surface area contributed by atoms with Crippen molar-refractivity contribution in [2.45, 2.75) is 45.1 Å². The maximum absolute atomic E-state index is 11.7. The number of nitrogens with one attached hydrogen (secondary N) is 1. The minimum atomic E-state index is -1.43. The van der Waals surface area contributed by atoms with Crippen molar-refractivity contribution in [1.82, 2.24) is 5.32 Å². The van der Waals surface area contributed by atoms with Crippen LogP contribution in [0.1, 0.15) is 26.3 Å². The second-order valence-corrected chi connectivity index (χ2v) is 5.83. The molecule has 1 aromatic rings. The highest BCUT2D eigenvalue weighted by atomic mass is 16.6. The molecule has 128 valence electrons. The number of aliphatic hydroxyl groups is 1. The van der Waals surface area contributed by atoms with Crippen LogP contribution in [0.4, 0.5) is 4.79 Å². The van der Waals surface area contributed by atoms with Gasteiger partial charge in [-0.2, -0.15) is 0 Å². The zero-order chi connectivity index (χ0) is 17.5. The molecule has 1 rings (SSSR count). The van der Waals surface area contributed by atoms with Gasteiger partial charge >= 0.3 is 12.1 Å². The van der Waals surface area contributed by atoms with Crippen LogP contribution in [0, 0.1) is 0 Å². The van der Waals surface area contributed by atoms with Crippen molar-refractivity contribution >= 4 is 12.1 Å². The van der Waals surface area contributed by atoms with Crippen LogP contribution in [0.3, 0.4) is 0 Å². The molecule has 1 aromatic carbocycles. The Labute approximate surface area is 135 Å². The van der Waals surface area contributed by atoms with Crippen molar-refractivity contribution in [1.29, 1.82) is 0 Å². The summed E-state index contributed by atoms with van der Waals surface area (Å²) in [5.41, 5.74) is 0.0495. The van der Waals surface area contributed by atoms with E-state index in [-0.39, 0.29) is 6.61 Å². The highest BCUT2D eigenvalue weighted by Gasteiger charge is 2.29. The van der Waals surface area contributed by atoms with Crippen molar-refractivity contribution in [3.05, 3.63) is 35.9 Å². The van der Waals surface area contributed by atoms with Crippen molar-refractivity contribution in [2.24, 2.45) is 0 Å². The lowest BCUT2D eigenvalue weighted by Crippen LogP contribution is -2.50. The number of aliphatic hydroxyl groups excluding tert-OH is 1. The number of rotatable bonds is 8. The predicted molar refractivity (Wildman–Crippen MR) is 82.9 cm³/mol. The van der Waals surface area contributed by atoms with Gasteiger partial charge in [0.15, 0.2) is 6.04 Å². The zero-order valence-electron chi connectivity index (χ0n) is 13.5. The Morgan fingerprint density at radius 2 is 1.87 bits per heavy atom. The number of alkyl carbamates (subject to hydrolysis) is 1. The molecule has 0 saturated carbocycles. The first-order valence-electron chi connectivity index (χ1n) is 7.23. The SMILES string of the molecule is CC(O)C(NC(=O)OC(C)(C)COCc1ccccc1)C(=O)O. The van der Waals surface area contributed by atoms with Crippen molar-refractivity contribution < 1.29 is 29.3 Å². The molecular formula is C16H23NO6. The van der Waals surface area contributed by atoms with Crippen LogP contribution in [0.25, 0.3) is 0 Å². The molecule has 0 spiro atoms. The first-order chi connectivity index (χ1) is 10.7. The van der Waals surface area contributed by atoms with Gasteiger partial charge in [0.25, 0.3) is 0 Å². The first-order valence-corrected chi connectivity index (χ1v) is 7.23. The van der Waals surface area contributed by atoms with Crippen LogP contribution < -0.4 is 5.32 Å². The molecule has 0 aliphatic heterocycles. The molecule has 0 aliphatic rings. The molecule has 0 radical (unpaired) electrons. The normalized spacial score (nSPS) is 13.9. The number of amides is 1. The fourth-order valence-corrected chi connectivity index (χ4v) is 1.81. The molecule has 1 amide bonds. The van der Waals surface area contributed by atoms with Gasteiger partial charge in [0, 0.05) is 0 Å². The van der Waals surface area contributed by atoms with Gasteiger partial charge in [-0.05, 0) is 26.3 Å². The van der Waals surface area contributed by atoms with Crippen LogP contribution >= 0.6 is 0 Å². The molecule has 7 nitrogen and oxygen atoms in total. The third kappa shape index (κ3) is 7.12. The topological polar surface area (TPSA) is 105 Å². The minimum absolute atomic E-state index is 0.141. The van der Waals surface area contributed by atoms with E-state index in [9.17, 15) is 14.7 Å². The predicted octanol–water partition coefficient (Wildman–Crippen LogP) is 1.54. The fraction of sp³-hybridized carbons (Fsp3) is 0.500. The lowest BCUT2D eigenvalue weighted by molar-refractivity contribution is -0.142. The van der Waals surface area contributed by atoms with E-state index >= 15 is 0 Å². The number of carbonyl (C=O) groups excluding carboxylic acids is 1. The van der Waals surface area contributed by atoms with E-state index in [1.807, 2.05) is 30.3 Å². The van der Waals surface area contributed by atoms with Crippen LogP contribution in [0.5, 0.6) is 0 Å². The van der Waals surface area contributed by atoms with E-state index in [0.29, 0.717) is 6.61 Å². The summed E-state index contributed by atoms with van der Waals surface area (Å²) in [6.45, 7) is 5.08. The summed E-state index contributed by atoms with van der Waals surface area (Å²) in [6, 6.07) is 8.11. The molecule has 0 saturated heterocycles. The van der Waals surface area contributed by atoms with Crippen molar-refractivity contribution in [3.63, 3.8) is 0 Å². The Hall–Kier alpha value is -2.12. The molecule has 0 fully saturated rings. The maximum atomic E-state index is 11.7. The summed E-state index contributed by atoms with van der Waals surface area (Å²) >= 11 is 0. The lowest BCUT2D eigenvalue weighted by atomic mass is 10.1. The Morgan fingerprint density at radius 3 is 2.39 bits per heavy atom. The number of benzene rings is 1. The summed E-state index contributed by atoms with van der Waals surface area (Å²) < 4.78 is 10.7. The number of carboxylic acid groups (broad SMARTS) is 1. The van der Waals surface area contributed by atoms with Crippen LogP contribution in [-0.2, 0) is 20.9 Å². The number of hydrogen-bond acceptors (Lipinski definition) is 5. The van der Waals surface area contributed by atoms with E-state index in [0.717, 1.165) is 5.56 Å². The summed E-state index contributed by atoms with van der Waals surface area (Å²) in [5.74, 6) is -1.34. The van der Waals surface area contributed by atoms with Gasteiger partial charge < -0.3 is 25.0 Å². The molecule has 2 atom stereocenters. The largest absolute Gasteiger partial charge is 0.480 e. The molecule has 2 unspecified atom stereocenters. The van der Waals surface area contributed by atoms with Gasteiger partial charge in [-0.1, -0.05) is 30.3 Å². The van der Waals surface area contributed by atoms with E-state index in [4.69, 9.17) is 14.6 Å². The highest BCUT2D eigenvalue weighted by Crippen LogP contribution is 2.12. The summed E-state index contributed by atoms with van der Waals surface area (Å²) in [6.07, 6.45) is -2.16. The van der Waals surface area contributed by atoms with Crippen molar-refractivity contribution in [3.8, 4) is 0 Å². The van der Waals surface area contributed by atoms with Gasteiger partial charge in [0.1, 0.15) is 5.60 Å². The van der Waals surface area contributed by atoms with Gasteiger partial charge in [-0.25, -0.2) is 9.59 Å². The van der Waals surface area contributed by atoms with E-state index in [1.165, 1.54) is 6.92 Å². The summed E-state index contributed by atoms with van der Waals surface area (Å²) in [4.78, 5) is 22.7. The van der Waals surface area contributed by atoms with E-state index < -0.39 is 29.8 Å². The highest BCUT2D eigenvalue weighted by molar-refractivity contribution is 5.80. The standard InChI is InChI=1S/C16H23NO6/c1-11(18)13(14(19)20)17-15(21)23-16(2,3)10-22-9-12-7-5-4-6-8-12/h4-8,11,13,18H,9-10H2,1-3H3,(H,17,21)(H,19,20). The third-order valence-corrected chi connectivity index (χ3v) is 2.95. The lowest BCUT2D eigenvalue weighted by Gasteiger charge is -2.26. The average Bonchev–Trinajstić information content (AvgIpc) is 2.44. The van der Waals surface area contributed by atoms with E-state index in [2.05, 4.69) is 5.32 Å². The van der Waals surface area contributed by atoms with Gasteiger partial charge in [-0.15, -0.1) is 0 Å². The van der Waals surface area contributed by atoms with E-state index in [1.54, 1.807) is 13.8 Å². The summed E-state index contributed by atoms with van der Waals surface area (Å²) in [7, 11) is 0. The number of carbonyl (C=O) groups is 2. The van der Waals surface area contributed by atoms with Gasteiger partial charge in [-0.3, -0.25) is 0 Å². The Morgan fingerprint density at radius 1 is 1.26 bits per heavy atom. The Kier molecular flexibility index (Phi) is 6.99. The van der Waals surface area contributed by atoms with Crippen LogP contribution in [0.15, 0.2) is 30.3 Å². The zero-order valence-corrected chi connectivity index (χ0v) is 13.5. The van der Waals surface area contributed by atoms with Crippen LogP contribution in [0.2, 0.25) is 0 Å². The molecule has 0 heterocycles. The number of ether oxygens (including phenoxy) is 2. The molecule has 0 aliphatic carbocycles. The second kappa shape index (κ2) is 8.50. The Balaban J connectivity index is 2.44. The maximum Gasteiger partial charge on any atom is 0.408 e. The molecule has 0 aromatic heterocycles. The average molecular weight is 325 g/mol. The van der Waals surface area contributed by atoms with Crippen molar-refractivity contribution in [2.75, 3.05) is 6.61 Å². The van der Waals surface area contributed by atoms with Crippen LogP contribution in [-0.4, -0.2) is 46.6 Å². The fourth-order valence-electron chi connectivity index (χ4n) is 1.81. The molecule has 3 N–H and O–H groups in total. The quantitative estimate of drug-likeness (QED) is 0.669. The molecule has 0 bridgehead atoms. The Bertz CT molecular complexity index is 515. The molecular weight excluding hydrogens is 302 g/mol.